The summed E-state index contributed by atoms with van der Waals surface area (Å²) in [5.74, 6) is -0.0456. The van der Waals surface area contributed by atoms with E-state index in [1.54, 1.807) is 0 Å². The first kappa shape index (κ1) is 18.2. The minimum absolute atomic E-state index is 0.0456. The number of nitrogens with zero attached hydrogens (tertiary/aromatic N) is 1. The molecule has 0 saturated heterocycles. The van der Waals surface area contributed by atoms with E-state index in [-0.39, 0.29) is 5.91 Å². The summed E-state index contributed by atoms with van der Waals surface area (Å²) in [4.78, 5) is 17.3. The molecule has 0 fully saturated rings. The van der Waals surface area contributed by atoms with Crippen LogP contribution in [0, 0.1) is 13.8 Å². The molecule has 0 spiro atoms. The summed E-state index contributed by atoms with van der Waals surface area (Å²) in [6, 6.07) is 22.4. The number of benzene rings is 3. The van der Waals surface area contributed by atoms with Gasteiger partial charge < -0.3 is 5.32 Å². The van der Waals surface area contributed by atoms with Crippen molar-refractivity contribution in [1.82, 2.24) is 5.32 Å². The van der Waals surface area contributed by atoms with E-state index in [9.17, 15) is 4.79 Å². The minimum atomic E-state index is -0.0456. The molecule has 3 aromatic rings. The van der Waals surface area contributed by atoms with Gasteiger partial charge in [0.05, 0.1) is 5.69 Å². The zero-order valence-electron chi connectivity index (χ0n) is 16.3. The van der Waals surface area contributed by atoms with Crippen LogP contribution in [0.1, 0.15) is 38.2 Å². The fourth-order valence-corrected chi connectivity index (χ4v) is 3.53. The number of fused-ring (bicyclic) bond motifs is 1. The first-order valence-corrected chi connectivity index (χ1v) is 9.66. The Bertz CT molecular complexity index is 1050. The van der Waals surface area contributed by atoms with Crippen LogP contribution < -0.4 is 5.32 Å². The minimum Gasteiger partial charge on any atom is -0.348 e. The Balaban J connectivity index is 1.41. The van der Waals surface area contributed by atoms with Gasteiger partial charge in [-0.25, -0.2) is 0 Å². The predicted octanol–water partition coefficient (Wildman–Crippen LogP) is 5.10. The lowest BCUT2D eigenvalue weighted by Crippen LogP contribution is -2.22. The first-order chi connectivity index (χ1) is 13.6. The molecule has 1 N–H and O–H groups in total. The van der Waals surface area contributed by atoms with Crippen LogP contribution in [0.25, 0.3) is 0 Å². The van der Waals surface area contributed by atoms with Gasteiger partial charge in [0.2, 0.25) is 0 Å². The molecule has 1 aliphatic rings. The first-order valence-electron chi connectivity index (χ1n) is 9.66. The summed E-state index contributed by atoms with van der Waals surface area (Å²) < 4.78 is 0. The van der Waals surface area contributed by atoms with Crippen LogP contribution in [-0.4, -0.2) is 11.6 Å². The summed E-state index contributed by atoms with van der Waals surface area (Å²) in [6.07, 6.45) is 1.67. The normalized spacial score (nSPS) is 12.4. The molecule has 0 saturated carbocycles. The van der Waals surface area contributed by atoms with Gasteiger partial charge in [-0.2, -0.15) is 0 Å². The third-order valence-electron chi connectivity index (χ3n) is 5.24. The number of carbonyl (C=O) groups excluding carboxylic acids is 1. The van der Waals surface area contributed by atoms with Gasteiger partial charge in [0.25, 0.3) is 5.91 Å². The molecular formula is C25H24N2O. The van der Waals surface area contributed by atoms with Crippen LogP contribution in [0.5, 0.6) is 0 Å². The van der Waals surface area contributed by atoms with Crippen LogP contribution in [0.2, 0.25) is 0 Å². The van der Waals surface area contributed by atoms with Crippen LogP contribution in [0.4, 0.5) is 5.69 Å². The van der Waals surface area contributed by atoms with Crippen molar-refractivity contribution in [3.8, 4) is 0 Å². The van der Waals surface area contributed by atoms with E-state index in [2.05, 4.69) is 55.6 Å². The number of hydrogen-bond donors (Lipinski definition) is 1. The third kappa shape index (κ3) is 4.04. The van der Waals surface area contributed by atoms with Crippen molar-refractivity contribution in [3.05, 3.63) is 100 Å². The van der Waals surface area contributed by atoms with E-state index in [0.29, 0.717) is 12.1 Å². The molecule has 1 heterocycles. The molecule has 3 nitrogen and oxygen atoms in total. The Hall–Kier alpha value is -3.20. The summed E-state index contributed by atoms with van der Waals surface area (Å²) in [5, 5.41) is 3.01. The molecule has 0 aliphatic carbocycles. The second-order valence-corrected chi connectivity index (χ2v) is 7.47. The molecule has 3 aromatic carbocycles. The Labute approximate surface area is 166 Å². The monoisotopic (exact) mass is 368 g/mol. The van der Waals surface area contributed by atoms with Gasteiger partial charge in [-0.1, -0.05) is 54.1 Å². The zero-order valence-corrected chi connectivity index (χ0v) is 16.3. The van der Waals surface area contributed by atoms with Crippen molar-refractivity contribution in [2.24, 2.45) is 4.99 Å². The SMILES string of the molecule is Cc1ccc(CNC(=O)c2ccc3c(c2)CC(Cc2ccccc2C)=N3)cc1. The number of hydrogen-bond acceptors (Lipinski definition) is 2. The smallest absolute Gasteiger partial charge is 0.251 e. The number of amides is 1. The highest BCUT2D eigenvalue weighted by Crippen LogP contribution is 2.29. The average molecular weight is 368 g/mol. The number of rotatable bonds is 5. The maximum absolute atomic E-state index is 12.6. The maximum Gasteiger partial charge on any atom is 0.251 e. The van der Waals surface area contributed by atoms with Gasteiger partial charge in [0.1, 0.15) is 0 Å². The zero-order chi connectivity index (χ0) is 19.5. The van der Waals surface area contributed by atoms with Crippen LogP contribution in [0.3, 0.4) is 0 Å². The fourth-order valence-electron chi connectivity index (χ4n) is 3.53. The third-order valence-corrected chi connectivity index (χ3v) is 5.24. The Morgan fingerprint density at radius 2 is 1.79 bits per heavy atom. The van der Waals surface area contributed by atoms with E-state index in [4.69, 9.17) is 4.99 Å². The van der Waals surface area contributed by atoms with Crippen LogP contribution in [-0.2, 0) is 19.4 Å². The molecule has 1 amide bonds. The highest BCUT2D eigenvalue weighted by Gasteiger charge is 2.17. The lowest BCUT2D eigenvalue weighted by atomic mass is 9.99. The van der Waals surface area contributed by atoms with Gasteiger partial charge in [0.15, 0.2) is 0 Å². The van der Waals surface area contributed by atoms with Crippen LogP contribution in [0.15, 0.2) is 71.7 Å². The Morgan fingerprint density at radius 3 is 2.57 bits per heavy atom. The number of aryl methyl sites for hydroxylation is 2. The van der Waals surface area contributed by atoms with Crippen molar-refractivity contribution in [1.29, 1.82) is 0 Å². The average Bonchev–Trinajstić information content (AvgIpc) is 3.10. The number of carbonyl (C=O) groups is 1. The van der Waals surface area contributed by atoms with Crippen LogP contribution >= 0.6 is 0 Å². The molecule has 0 bridgehead atoms. The molecule has 0 unspecified atom stereocenters. The highest BCUT2D eigenvalue weighted by molar-refractivity contribution is 5.99. The lowest BCUT2D eigenvalue weighted by Gasteiger charge is -2.07. The summed E-state index contributed by atoms with van der Waals surface area (Å²) in [6.45, 7) is 4.72. The van der Waals surface area contributed by atoms with Crippen molar-refractivity contribution in [2.45, 2.75) is 33.2 Å². The number of nitrogens with one attached hydrogen (secondary N) is 1. The molecule has 0 radical (unpaired) electrons. The molecule has 140 valence electrons. The quantitative estimate of drug-likeness (QED) is 0.668. The highest BCUT2D eigenvalue weighted by atomic mass is 16.1. The van der Waals surface area contributed by atoms with Crippen molar-refractivity contribution in [3.63, 3.8) is 0 Å². The molecular weight excluding hydrogens is 344 g/mol. The largest absolute Gasteiger partial charge is 0.348 e. The Kier molecular flexibility index (Phi) is 5.07. The Morgan fingerprint density at radius 1 is 1.00 bits per heavy atom. The van der Waals surface area contributed by atoms with Gasteiger partial charge in [0, 0.05) is 30.7 Å². The fraction of sp³-hybridized carbons (Fsp3) is 0.200. The molecule has 3 heteroatoms. The van der Waals surface area contributed by atoms with E-state index >= 15 is 0 Å². The lowest BCUT2D eigenvalue weighted by molar-refractivity contribution is 0.0951. The summed E-state index contributed by atoms with van der Waals surface area (Å²) in [7, 11) is 0. The second kappa shape index (κ2) is 7.81. The maximum atomic E-state index is 12.6. The van der Waals surface area contributed by atoms with E-state index < -0.39 is 0 Å². The molecule has 0 atom stereocenters. The molecule has 4 rings (SSSR count). The summed E-state index contributed by atoms with van der Waals surface area (Å²) in [5.41, 5.74) is 8.88. The predicted molar refractivity (Wildman–Crippen MR) is 114 cm³/mol. The van der Waals surface area contributed by atoms with E-state index in [0.717, 1.165) is 35.4 Å². The van der Waals surface area contributed by atoms with Gasteiger partial charge in [-0.15, -0.1) is 0 Å². The second-order valence-electron chi connectivity index (χ2n) is 7.47. The van der Waals surface area contributed by atoms with Gasteiger partial charge >= 0.3 is 0 Å². The van der Waals surface area contributed by atoms with E-state index in [1.807, 2.05) is 30.3 Å². The van der Waals surface area contributed by atoms with Crippen molar-refractivity contribution < 1.29 is 4.79 Å². The molecule has 0 aromatic heterocycles. The van der Waals surface area contributed by atoms with Gasteiger partial charge in [-0.3, -0.25) is 9.79 Å². The van der Waals surface area contributed by atoms with E-state index in [1.165, 1.54) is 16.7 Å². The molecule has 28 heavy (non-hydrogen) atoms. The van der Waals surface area contributed by atoms with Crippen molar-refractivity contribution in [2.75, 3.05) is 0 Å². The van der Waals surface area contributed by atoms with Gasteiger partial charge in [-0.05, 0) is 54.3 Å². The number of aliphatic imine (C=N–C) groups is 1. The standard InChI is InChI=1S/C25H24N2O/c1-17-7-9-19(10-8-17)16-26-25(28)21-11-12-24-22(13-21)15-23(27-24)14-20-6-4-3-5-18(20)2/h3-13H,14-16H2,1-2H3,(H,26,28). The molecule has 1 aliphatic heterocycles. The topological polar surface area (TPSA) is 41.5 Å². The summed E-state index contributed by atoms with van der Waals surface area (Å²) >= 11 is 0. The van der Waals surface area contributed by atoms with Crippen molar-refractivity contribution >= 4 is 17.3 Å².